The molecule has 0 aliphatic carbocycles. The number of rotatable bonds is 1. The van der Waals surface area contributed by atoms with E-state index in [-0.39, 0.29) is 32.0 Å². The van der Waals surface area contributed by atoms with Crippen molar-refractivity contribution in [1.29, 1.82) is 0 Å². The molecule has 9 heavy (non-hydrogen) atoms. The molecule has 0 saturated heterocycles. The first-order valence-corrected chi connectivity index (χ1v) is 3.49. The molecule has 0 aromatic heterocycles. The Morgan fingerprint density at radius 3 is 1.56 bits per heavy atom. The maximum absolute atomic E-state index is 4.71. The summed E-state index contributed by atoms with van der Waals surface area (Å²) in [4.78, 5) is 0. The van der Waals surface area contributed by atoms with Crippen LogP contribution in [-0.2, 0) is 27.7 Å². The quantitative estimate of drug-likeness (QED) is 0.429. The molecule has 4 heteroatoms. The van der Waals surface area contributed by atoms with Crippen LogP contribution >= 0.6 is 24.8 Å². The van der Waals surface area contributed by atoms with E-state index in [1.165, 1.54) is 12.8 Å². The van der Waals surface area contributed by atoms with Crippen LogP contribution < -0.4 is 5.73 Å². The van der Waals surface area contributed by atoms with Crippen LogP contribution in [0.25, 0.3) is 0 Å². The fourth-order valence-corrected chi connectivity index (χ4v) is 0. The molecule has 0 bridgehead atoms. The summed E-state index contributed by atoms with van der Waals surface area (Å²) in [5.74, 6) is 0. The molecule has 0 fully saturated rings. The average molecular weight is 352 g/mol. The number of hydrogen-bond acceptors (Lipinski definition) is 1. The molecule has 0 aromatic rings. The van der Waals surface area contributed by atoms with Gasteiger partial charge < -0.3 is 5.73 Å². The third-order valence-electron chi connectivity index (χ3n) is 0.500. The van der Waals surface area contributed by atoms with E-state index in [9.17, 15) is 0 Å². The SMILES string of the molecule is CCCC.NC(=S)S.[Hg]. The van der Waals surface area contributed by atoms with Gasteiger partial charge in [-0.15, -0.1) is 12.6 Å². The third kappa shape index (κ3) is 99.8. The number of thiol groups is 1. The van der Waals surface area contributed by atoms with Crippen LogP contribution in [0.5, 0.6) is 0 Å². The molecule has 52 valence electrons. The minimum Gasteiger partial charge on any atom is -0.385 e. The molecule has 0 radical (unpaired) electrons. The second-order valence-electron chi connectivity index (χ2n) is 1.34. The van der Waals surface area contributed by atoms with Crippen LogP contribution in [0.15, 0.2) is 0 Å². The average Bonchev–Trinajstić information content (AvgIpc) is 1.65. The van der Waals surface area contributed by atoms with Crippen LogP contribution in [0.3, 0.4) is 0 Å². The number of thiocarbonyl (C=S) groups is 1. The van der Waals surface area contributed by atoms with Crippen molar-refractivity contribution in [3.8, 4) is 0 Å². The van der Waals surface area contributed by atoms with Gasteiger partial charge in [-0.05, 0) is 0 Å². The molecule has 2 N–H and O–H groups in total. The van der Waals surface area contributed by atoms with Crippen LogP contribution in [0, 0.1) is 0 Å². The van der Waals surface area contributed by atoms with Crippen LogP contribution in [0.4, 0.5) is 0 Å². The molecule has 0 rings (SSSR count). The molecule has 0 unspecified atom stereocenters. The maximum atomic E-state index is 4.71. The van der Waals surface area contributed by atoms with Crippen molar-refractivity contribution in [3.63, 3.8) is 0 Å². The topological polar surface area (TPSA) is 26.0 Å². The Labute approximate surface area is 88.7 Å². The summed E-state index contributed by atoms with van der Waals surface area (Å²) in [6.07, 6.45) is 2.64. The smallest absolute Gasteiger partial charge is 0.128 e. The van der Waals surface area contributed by atoms with Crippen molar-refractivity contribution >= 4 is 29.2 Å². The first kappa shape index (κ1) is 16.6. The zero-order valence-corrected chi connectivity index (χ0v) is 13.3. The van der Waals surface area contributed by atoms with E-state index in [2.05, 4.69) is 38.7 Å². The van der Waals surface area contributed by atoms with Gasteiger partial charge in [-0.1, -0.05) is 38.9 Å². The molecule has 1 nitrogen and oxygen atoms in total. The first-order chi connectivity index (χ1) is 3.65. The molecule has 0 spiro atoms. The van der Waals surface area contributed by atoms with Gasteiger partial charge in [0.25, 0.3) is 0 Å². The molecular weight excluding hydrogens is 339 g/mol. The summed E-state index contributed by atoms with van der Waals surface area (Å²) in [6, 6.07) is 0. The van der Waals surface area contributed by atoms with Gasteiger partial charge in [0.1, 0.15) is 4.32 Å². The van der Waals surface area contributed by atoms with Crippen molar-refractivity contribution in [3.05, 3.63) is 0 Å². The standard InChI is InChI=1S/C4H10.CH3NS2.Hg/c1-3-4-2;2-1(3)4;/h3-4H2,1-2H3;(H3,2,3,4);. The van der Waals surface area contributed by atoms with Gasteiger partial charge in [-0.2, -0.15) is 0 Å². The fourth-order valence-electron chi connectivity index (χ4n) is 0. The molecule has 0 aliphatic heterocycles. The number of nitrogens with two attached hydrogens (primary N) is 1. The molecule has 0 heterocycles. The van der Waals surface area contributed by atoms with E-state index in [1.807, 2.05) is 0 Å². The molecule has 0 aliphatic rings. The first-order valence-electron chi connectivity index (χ1n) is 2.63. The zero-order valence-electron chi connectivity index (χ0n) is 6.05. The van der Waals surface area contributed by atoms with Gasteiger partial charge >= 0.3 is 0 Å². The summed E-state index contributed by atoms with van der Waals surface area (Å²) in [5, 5.41) is 0. The van der Waals surface area contributed by atoms with E-state index in [1.54, 1.807) is 0 Å². The molecule has 0 aromatic carbocycles. The zero-order chi connectivity index (χ0) is 6.99. The number of hydrogen-bond donors (Lipinski definition) is 2. The summed E-state index contributed by atoms with van der Waals surface area (Å²) in [5.41, 5.74) is 4.71. The largest absolute Gasteiger partial charge is 0.385 e. The third-order valence-corrected chi connectivity index (χ3v) is 0.500. The Bertz CT molecular complexity index is 52.9. The summed E-state index contributed by atoms with van der Waals surface area (Å²) >= 11 is 7.65. The maximum Gasteiger partial charge on any atom is 0.128 e. The van der Waals surface area contributed by atoms with E-state index >= 15 is 0 Å². The predicted molar refractivity (Wildman–Crippen MR) is 46.4 cm³/mol. The Kier molecular flexibility index (Phi) is 29.7. The normalized spacial score (nSPS) is 6.11. The predicted octanol–water partition coefficient (Wildman–Crippen LogP) is 1.96. The van der Waals surface area contributed by atoms with Crippen LogP contribution in [0.1, 0.15) is 26.7 Å². The van der Waals surface area contributed by atoms with Crippen LogP contribution in [0.2, 0.25) is 0 Å². The molecule has 0 saturated carbocycles. The van der Waals surface area contributed by atoms with Gasteiger partial charge in [0.15, 0.2) is 0 Å². The van der Waals surface area contributed by atoms with E-state index < -0.39 is 0 Å². The Balaban J connectivity index is -0.0000000720. The Hall–Kier alpha value is 1.18. The van der Waals surface area contributed by atoms with Gasteiger partial charge in [0, 0.05) is 27.7 Å². The van der Waals surface area contributed by atoms with Crippen molar-refractivity contribution in [1.82, 2.24) is 0 Å². The van der Waals surface area contributed by atoms with Crippen molar-refractivity contribution in [2.75, 3.05) is 0 Å². The Morgan fingerprint density at radius 1 is 1.44 bits per heavy atom. The fraction of sp³-hybridized carbons (Fsp3) is 0.800. The minimum absolute atomic E-state index is 0. The minimum atomic E-state index is 0. The molecular formula is C5H13HgNS2. The van der Waals surface area contributed by atoms with Gasteiger partial charge in [-0.25, -0.2) is 0 Å². The van der Waals surface area contributed by atoms with Crippen molar-refractivity contribution in [2.24, 2.45) is 5.73 Å². The Morgan fingerprint density at radius 2 is 1.56 bits per heavy atom. The molecule has 0 amide bonds. The summed E-state index contributed by atoms with van der Waals surface area (Å²) in [7, 11) is 0. The second kappa shape index (κ2) is 16.1. The molecule has 0 atom stereocenters. The number of unbranched alkanes of at least 4 members (excludes halogenated alkanes) is 1. The monoisotopic (exact) mass is 353 g/mol. The van der Waals surface area contributed by atoms with Gasteiger partial charge in [-0.3, -0.25) is 0 Å². The summed E-state index contributed by atoms with van der Waals surface area (Å²) < 4.78 is 0.194. The van der Waals surface area contributed by atoms with E-state index in [0.29, 0.717) is 0 Å². The van der Waals surface area contributed by atoms with Gasteiger partial charge in [0.2, 0.25) is 0 Å². The van der Waals surface area contributed by atoms with Gasteiger partial charge in [0.05, 0.1) is 0 Å². The second-order valence-corrected chi connectivity index (χ2v) is 2.56. The van der Waals surface area contributed by atoms with Crippen molar-refractivity contribution < 1.29 is 27.7 Å². The van der Waals surface area contributed by atoms with E-state index in [0.717, 1.165) is 0 Å². The summed E-state index contributed by atoms with van der Waals surface area (Å²) in [6.45, 7) is 4.36. The van der Waals surface area contributed by atoms with Crippen LogP contribution in [-0.4, -0.2) is 4.32 Å². The van der Waals surface area contributed by atoms with E-state index in [4.69, 9.17) is 5.73 Å². The van der Waals surface area contributed by atoms with Crippen molar-refractivity contribution in [2.45, 2.75) is 26.7 Å².